The van der Waals surface area contributed by atoms with Crippen LogP contribution in [-0.4, -0.2) is 17.6 Å². The number of nitrogens with zero attached hydrogens (tertiary/aromatic N) is 2. The molecule has 0 aromatic carbocycles. The van der Waals surface area contributed by atoms with E-state index in [4.69, 9.17) is 0 Å². The lowest BCUT2D eigenvalue weighted by Gasteiger charge is -2.38. The first-order valence-electron chi connectivity index (χ1n) is 8.28. The van der Waals surface area contributed by atoms with E-state index in [9.17, 15) is 4.79 Å². The van der Waals surface area contributed by atoms with E-state index >= 15 is 0 Å². The van der Waals surface area contributed by atoms with E-state index < -0.39 is 0 Å². The Labute approximate surface area is 135 Å². The van der Waals surface area contributed by atoms with E-state index in [1.165, 1.54) is 30.4 Å². The van der Waals surface area contributed by atoms with Gasteiger partial charge in [-0.25, -0.2) is 0 Å². The highest BCUT2D eigenvalue weighted by Gasteiger charge is 2.29. The van der Waals surface area contributed by atoms with Gasteiger partial charge in [0.2, 0.25) is 0 Å². The lowest BCUT2D eigenvalue weighted by atomic mass is 9.57. The third-order valence-corrected chi connectivity index (χ3v) is 5.22. The lowest BCUT2D eigenvalue weighted by Crippen LogP contribution is -2.51. The van der Waals surface area contributed by atoms with Gasteiger partial charge in [-0.15, -0.1) is 0 Å². The van der Waals surface area contributed by atoms with Crippen LogP contribution in [0.1, 0.15) is 53.4 Å². The van der Waals surface area contributed by atoms with Gasteiger partial charge in [-0.2, -0.15) is 13.1 Å². The lowest BCUT2D eigenvalue weighted by molar-refractivity contribution is -0.653. The molecule has 1 aromatic heterocycles. The Bertz CT molecular complexity index is 579. The van der Waals surface area contributed by atoms with Gasteiger partial charge in [0.05, 0.1) is 19.9 Å². The molecule has 0 saturated heterocycles. The number of carbonyl (C=O) groups is 1. The topological polar surface area (TPSA) is 25.9 Å². The Morgan fingerprint density at radius 2 is 2.18 bits per heavy atom. The highest BCUT2D eigenvalue weighted by molar-refractivity contribution is 6.56. The zero-order valence-corrected chi connectivity index (χ0v) is 14.9. The van der Waals surface area contributed by atoms with Crippen molar-refractivity contribution in [3.8, 4) is 0 Å². The number of aryl methyl sites for hydroxylation is 2. The standard InChI is InChI=1S/C18H29BN2O/c1-13-8-7-9-18(3,4)15(13)12-16(14(2)22)19-17-20(5)10-11-21(17)6/h10-11,16H,7-9,12H2,1-6H3. The fourth-order valence-corrected chi connectivity index (χ4v) is 3.68. The van der Waals surface area contributed by atoms with Crippen LogP contribution in [0, 0.1) is 5.41 Å². The minimum Gasteiger partial charge on any atom is -0.304 e. The van der Waals surface area contributed by atoms with Crippen molar-refractivity contribution in [1.82, 2.24) is 4.57 Å². The first-order valence-corrected chi connectivity index (χ1v) is 8.28. The van der Waals surface area contributed by atoms with Gasteiger partial charge >= 0.3 is 0 Å². The van der Waals surface area contributed by atoms with Crippen molar-refractivity contribution in [2.45, 2.75) is 59.2 Å². The van der Waals surface area contributed by atoms with Gasteiger partial charge in [-0.1, -0.05) is 31.4 Å². The van der Waals surface area contributed by atoms with Crippen LogP contribution in [0.4, 0.5) is 0 Å². The molecular formula is C18H29BN2O. The molecule has 0 aliphatic heterocycles. The molecule has 0 fully saturated rings. The van der Waals surface area contributed by atoms with Crippen LogP contribution in [0.25, 0.3) is 0 Å². The number of Topliss-reactive ketones (excluding diaryl/α,β-unsaturated/α-hetero) is 1. The van der Waals surface area contributed by atoms with Gasteiger partial charge in [0.1, 0.15) is 12.4 Å². The summed E-state index contributed by atoms with van der Waals surface area (Å²) in [4.78, 5) is 12.2. The van der Waals surface area contributed by atoms with Crippen LogP contribution in [-0.2, 0) is 18.9 Å². The predicted molar refractivity (Wildman–Crippen MR) is 91.4 cm³/mol. The van der Waals surface area contributed by atoms with Gasteiger partial charge in [-0.3, -0.25) is 9.13 Å². The van der Waals surface area contributed by atoms with E-state index in [2.05, 4.69) is 37.2 Å². The second-order valence-electron chi connectivity index (χ2n) is 7.46. The molecule has 3 nitrogen and oxygen atoms in total. The average Bonchev–Trinajstić information content (AvgIpc) is 2.72. The molecule has 1 atom stereocenters. The summed E-state index contributed by atoms with van der Waals surface area (Å²) in [6, 6.07) is 0. The Hall–Kier alpha value is -1.32. The molecule has 0 spiro atoms. The Morgan fingerprint density at radius 3 is 2.68 bits per heavy atom. The van der Waals surface area contributed by atoms with Crippen LogP contribution >= 0.6 is 0 Å². The molecule has 0 bridgehead atoms. The number of ketones is 1. The van der Waals surface area contributed by atoms with Gasteiger partial charge in [-0.05, 0) is 38.5 Å². The summed E-state index contributed by atoms with van der Waals surface area (Å²) >= 11 is 0. The smallest absolute Gasteiger partial charge is 0.125 e. The average molecular weight is 300 g/mol. The van der Waals surface area contributed by atoms with Crippen molar-refractivity contribution in [3.05, 3.63) is 23.5 Å². The molecule has 1 unspecified atom stereocenters. The first-order chi connectivity index (χ1) is 10.2. The molecule has 4 heteroatoms. The fourth-order valence-electron chi connectivity index (χ4n) is 3.68. The van der Waals surface area contributed by atoms with Crippen molar-refractivity contribution in [2.75, 3.05) is 0 Å². The van der Waals surface area contributed by atoms with E-state index in [0.29, 0.717) is 0 Å². The highest BCUT2D eigenvalue weighted by atomic mass is 16.1. The van der Waals surface area contributed by atoms with Crippen molar-refractivity contribution >= 4 is 18.8 Å². The van der Waals surface area contributed by atoms with Gasteiger partial charge in [0.25, 0.3) is 0 Å². The minimum absolute atomic E-state index is 0.0397. The first kappa shape index (κ1) is 17.0. The summed E-state index contributed by atoms with van der Waals surface area (Å²) in [5.74, 6) is 0.213. The molecule has 120 valence electrons. The summed E-state index contributed by atoms with van der Waals surface area (Å²) in [7, 11) is 6.18. The zero-order chi connectivity index (χ0) is 16.5. The van der Waals surface area contributed by atoms with Gasteiger partial charge < -0.3 is 4.79 Å². The summed E-state index contributed by atoms with van der Waals surface area (Å²) in [6.07, 6.45) is 8.59. The van der Waals surface area contributed by atoms with E-state index in [0.717, 1.165) is 12.1 Å². The van der Waals surface area contributed by atoms with Crippen molar-refractivity contribution < 1.29 is 9.36 Å². The summed E-state index contributed by atoms with van der Waals surface area (Å²) in [5.41, 5.74) is 4.30. The van der Waals surface area contributed by atoms with Crippen LogP contribution in [0.3, 0.4) is 0 Å². The third kappa shape index (κ3) is 3.53. The molecule has 0 N–H and O–H groups in total. The number of rotatable bonds is 5. The molecule has 1 aliphatic carbocycles. The van der Waals surface area contributed by atoms with E-state index in [1.807, 2.05) is 26.5 Å². The number of carbonyl (C=O) groups excluding carboxylic acids is 1. The van der Waals surface area contributed by atoms with Crippen LogP contribution in [0.2, 0.25) is 5.82 Å². The monoisotopic (exact) mass is 300 g/mol. The fraction of sp³-hybridized carbons (Fsp3) is 0.667. The van der Waals surface area contributed by atoms with Crippen molar-refractivity contribution in [1.29, 1.82) is 0 Å². The van der Waals surface area contributed by atoms with E-state index in [-0.39, 0.29) is 17.0 Å². The Morgan fingerprint density at radius 1 is 1.50 bits per heavy atom. The molecule has 0 amide bonds. The van der Waals surface area contributed by atoms with E-state index in [1.54, 1.807) is 6.92 Å². The normalized spacial score (nSPS) is 19.4. The molecule has 1 heterocycles. The second kappa shape index (κ2) is 6.43. The maximum absolute atomic E-state index is 12.2. The summed E-state index contributed by atoms with van der Waals surface area (Å²) in [5, 5.41) is 0. The minimum atomic E-state index is -0.0397. The van der Waals surface area contributed by atoms with Crippen molar-refractivity contribution in [3.63, 3.8) is 0 Å². The number of hydrogen-bond acceptors (Lipinski definition) is 1. The van der Waals surface area contributed by atoms with Gasteiger partial charge in [0.15, 0.2) is 0 Å². The van der Waals surface area contributed by atoms with Crippen LogP contribution < -0.4 is 10.3 Å². The number of imidazole rings is 1. The van der Waals surface area contributed by atoms with Crippen molar-refractivity contribution in [2.24, 2.45) is 19.5 Å². The van der Waals surface area contributed by atoms with Gasteiger partial charge in [0, 0.05) is 5.72 Å². The zero-order valence-electron chi connectivity index (χ0n) is 14.9. The molecule has 2 rings (SSSR count). The summed E-state index contributed by atoms with van der Waals surface area (Å²) in [6.45, 7) is 8.61. The largest absolute Gasteiger partial charge is 0.304 e. The number of allylic oxidation sites excluding steroid dienone is 2. The number of aromatic nitrogens is 2. The molecule has 1 aromatic rings. The second-order valence-corrected chi connectivity index (χ2v) is 7.46. The highest BCUT2D eigenvalue weighted by Crippen LogP contribution is 2.43. The SMILES string of the molecule is CC(=O)C([B-]c1n(C)cc[n+]1C)CC1=C(C)CCCC1(C)C. The quantitative estimate of drug-likeness (QED) is 0.466. The Kier molecular flexibility index (Phi) is 4.98. The summed E-state index contributed by atoms with van der Waals surface area (Å²) < 4.78 is 4.15. The molecular weight excluding hydrogens is 271 g/mol. The molecule has 0 saturated carbocycles. The predicted octanol–water partition coefficient (Wildman–Crippen LogP) is 2.47. The molecule has 2 radical (unpaired) electrons. The Balaban J connectivity index is 2.25. The third-order valence-electron chi connectivity index (χ3n) is 5.22. The molecule has 1 aliphatic rings. The van der Waals surface area contributed by atoms with Crippen LogP contribution in [0.15, 0.2) is 23.5 Å². The molecule has 22 heavy (non-hydrogen) atoms. The number of hydrogen-bond donors (Lipinski definition) is 0. The maximum atomic E-state index is 12.2. The van der Waals surface area contributed by atoms with Crippen LogP contribution in [0.5, 0.6) is 0 Å². The maximum Gasteiger partial charge on any atom is 0.125 e.